The Morgan fingerprint density at radius 2 is 0.953 bits per heavy atom. The van der Waals surface area contributed by atoms with Crippen LogP contribution in [0.5, 0.6) is 0 Å². The number of benzene rings is 2. The van der Waals surface area contributed by atoms with Gasteiger partial charge in [0.15, 0.2) is 28.8 Å². The van der Waals surface area contributed by atoms with Gasteiger partial charge < -0.3 is 43.8 Å². The molecule has 0 saturated heterocycles. The number of imide groups is 2. The molecule has 4 amide bonds. The number of anilines is 2. The highest BCUT2D eigenvalue weighted by molar-refractivity contribution is 9.10. The van der Waals surface area contributed by atoms with Gasteiger partial charge in [-0.15, -0.1) is 6.42 Å². The lowest BCUT2D eigenvalue weighted by Gasteiger charge is -2.28. The van der Waals surface area contributed by atoms with Crippen LogP contribution in [-0.2, 0) is 28.4 Å². The summed E-state index contributed by atoms with van der Waals surface area (Å²) in [6, 6.07) is 16.1. The number of carbonyl (C=O) groups excluding carboxylic acids is 6. The lowest BCUT2D eigenvalue weighted by Crippen LogP contribution is -2.44. The second-order valence-corrected chi connectivity index (χ2v) is 26.2. The minimum absolute atomic E-state index is 0. The third-order valence-corrected chi connectivity index (χ3v) is 10.9. The Hall–Kier alpha value is -8.54. The quantitative estimate of drug-likeness (QED) is 0.0951. The summed E-state index contributed by atoms with van der Waals surface area (Å²) in [6.07, 6.45) is 7.89. The highest BCUT2D eigenvalue weighted by Crippen LogP contribution is 2.35. The first kappa shape index (κ1) is 69.9. The van der Waals surface area contributed by atoms with E-state index in [0.29, 0.717) is 35.8 Å². The lowest BCUT2D eigenvalue weighted by molar-refractivity contribution is 0.0406. The van der Waals surface area contributed by atoms with Gasteiger partial charge in [-0.1, -0.05) is 17.3 Å². The molecule has 0 bridgehead atoms. The van der Waals surface area contributed by atoms with Gasteiger partial charge in [-0.05, 0) is 204 Å². The van der Waals surface area contributed by atoms with E-state index in [2.05, 4.69) is 62.9 Å². The number of halogens is 2. The van der Waals surface area contributed by atoms with Crippen LogP contribution in [0.4, 0.5) is 40.4 Å². The average molecular weight is 1320 g/mol. The van der Waals surface area contributed by atoms with E-state index in [1.807, 2.05) is 45.0 Å². The van der Waals surface area contributed by atoms with Gasteiger partial charge in [0.25, 0.3) is 0 Å². The van der Waals surface area contributed by atoms with Crippen molar-refractivity contribution in [3.8, 4) is 35.1 Å². The van der Waals surface area contributed by atoms with E-state index >= 15 is 0 Å². The van der Waals surface area contributed by atoms with Gasteiger partial charge >= 0.3 is 36.6 Å². The number of carbonyl (C=O) groups is 6. The fourth-order valence-electron chi connectivity index (χ4n) is 7.05. The van der Waals surface area contributed by atoms with E-state index in [4.69, 9.17) is 44.8 Å². The Morgan fingerprint density at radius 3 is 1.37 bits per heavy atom. The molecule has 0 saturated carbocycles. The van der Waals surface area contributed by atoms with Gasteiger partial charge in [0.05, 0.1) is 23.4 Å². The Balaban J connectivity index is 0.000000309. The molecule has 0 radical (unpaired) electrons. The van der Waals surface area contributed by atoms with Gasteiger partial charge in [-0.2, -0.15) is 9.80 Å². The molecule has 7 rings (SSSR count). The number of ether oxygens (including phenoxy) is 6. The zero-order valence-electron chi connectivity index (χ0n) is 51.2. The van der Waals surface area contributed by atoms with Crippen molar-refractivity contribution in [3.63, 3.8) is 0 Å². The topological polar surface area (TPSA) is 307 Å². The highest BCUT2D eigenvalue weighted by Gasteiger charge is 2.38. The van der Waals surface area contributed by atoms with E-state index in [0.717, 1.165) is 21.9 Å². The van der Waals surface area contributed by atoms with Gasteiger partial charge in [-0.25, -0.2) is 48.7 Å². The summed E-state index contributed by atoms with van der Waals surface area (Å²) in [7, 11) is 0. The van der Waals surface area contributed by atoms with Crippen molar-refractivity contribution in [2.45, 2.75) is 158 Å². The van der Waals surface area contributed by atoms with Crippen LogP contribution in [0.15, 0.2) is 93.1 Å². The summed E-state index contributed by atoms with van der Waals surface area (Å²) in [6.45, 7) is 31.0. The summed E-state index contributed by atoms with van der Waals surface area (Å²) >= 11 is 6.44. The third-order valence-electron chi connectivity index (χ3n) is 10.1. The molecule has 0 aliphatic heterocycles. The van der Waals surface area contributed by atoms with Crippen LogP contribution >= 0.6 is 31.9 Å². The van der Waals surface area contributed by atoms with Gasteiger partial charge in [-0.3, -0.25) is 9.13 Å². The minimum Gasteiger partial charge on any atom is -0.443 e. The molecule has 7 aromatic rings. The summed E-state index contributed by atoms with van der Waals surface area (Å²) in [5, 5.41) is 13.1. The number of nitrogens with one attached hydrogen (secondary N) is 1. The van der Waals surface area contributed by atoms with E-state index in [-0.39, 0.29) is 40.4 Å². The van der Waals surface area contributed by atoms with Crippen molar-refractivity contribution >= 4 is 108 Å². The predicted octanol–water partition coefficient (Wildman–Crippen LogP) is 14.5. The largest absolute Gasteiger partial charge is 0.443 e. The number of hydrogen-bond acceptors (Lipinski definition) is 19. The molecule has 3 N–H and O–H groups in total. The first-order chi connectivity index (χ1) is 39.1. The molecule has 5 heterocycles. The number of aromatic nitrogens is 7. The maximum atomic E-state index is 13.3. The molecule has 2 aromatic carbocycles. The first-order valence-corrected chi connectivity index (χ1v) is 27.8. The van der Waals surface area contributed by atoms with Crippen molar-refractivity contribution < 1.29 is 67.2 Å². The maximum absolute atomic E-state index is 13.3. The number of terminal acetylenes is 1. The summed E-state index contributed by atoms with van der Waals surface area (Å²) in [5.74, 6) is 2.12. The molecule has 0 fully saturated rings. The fraction of sp³-hybridized carbons (Fsp3) is 0.400. The van der Waals surface area contributed by atoms with E-state index in [9.17, 15) is 28.8 Å². The van der Waals surface area contributed by atoms with Crippen LogP contribution in [0, 0.1) is 17.8 Å². The first-order valence-electron chi connectivity index (χ1n) is 26.3. The second-order valence-electron chi connectivity index (χ2n) is 24.6. The Kier molecular flexibility index (Phi) is 22.1. The number of amides is 4. The van der Waals surface area contributed by atoms with Gasteiger partial charge in [0.1, 0.15) is 48.5 Å². The molecule has 26 heteroatoms. The second kappa shape index (κ2) is 27.2. The molecule has 0 unspecified atom stereocenters. The number of rotatable bonds is 5. The highest BCUT2D eigenvalue weighted by atomic mass is 79.9. The molecule has 0 aliphatic carbocycles. The smallest absolute Gasteiger partial charge is 0.425 e. The Bertz CT molecular complexity index is 3630. The van der Waals surface area contributed by atoms with E-state index in [1.165, 1.54) is 27.7 Å². The van der Waals surface area contributed by atoms with E-state index in [1.54, 1.807) is 147 Å². The van der Waals surface area contributed by atoms with Crippen molar-refractivity contribution in [1.82, 2.24) is 34.2 Å². The van der Waals surface area contributed by atoms with Crippen molar-refractivity contribution in [2.24, 2.45) is 0 Å². The third kappa shape index (κ3) is 20.0. The molecule has 5 aromatic heterocycles. The molecule has 0 atom stereocenters. The predicted molar refractivity (Wildman–Crippen MR) is 330 cm³/mol. The summed E-state index contributed by atoms with van der Waals surface area (Å²) in [4.78, 5) is 94.3. The average Bonchev–Trinajstić information content (AvgIpc) is 3.96. The Morgan fingerprint density at radius 1 is 0.558 bits per heavy atom. The zero-order valence-corrected chi connectivity index (χ0v) is 54.4. The number of hydrogen-bond donors (Lipinski definition) is 1. The van der Waals surface area contributed by atoms with Crippen LogP contribution in [0.2, 0.25) is 0 Å². The van der Waals surface area contributed by atoms with Gasteiger partial charge in [0, 0.05) is 41.0 Å². The molecule has 86 heavy (non-hydrogen) atoms. The molecule has 460 valence electrons. The number of fused-ring (bicyclic) bond motifs is 2. The molecular formula is C60H72Br2N10O14. The molecule has 0 spiro atoms. The van der Waals surface area contributed by atoms with E-state index < -0.39 is 64.1 Å². The normalized spacial score (nSPS) is 11.7. The Labute approximate surface area is 515 Å². The van der Waals surface area contributed by atoms with Crippen molar-refractivity contribution in [1.29, 1.82) is 5.41 Å². The van der Waals surface area contributed by atoms with Crippen LogP contribution in [0.25, 0.3) is 44.5 Å². The minimum atomic E-state index is -1.00. The molecular weight excluding hydrogens is 1240 g/mol. The maximum Gasteiger partial charge on any atom is 0.425 e. The summed E-state index contributed by atoms with van der Waals surface area (Å²) < 4.78 is 41.6. The number of nitrogens with zero attached hydrogens (tertiary/aromatic N) is 9. The SMILES string of the molecule is C#Cc1nc(Br)cnc1N(C(=O)OC(C)(C)C)C(=O)OC(C)(C)C.CC(C)(C)OC(=O)N(C(=O)OC(C)(C)C)c1ncc(Br)nc1-c1cc(-c2ccc3c(ccn3C(=O)OC(C)(C)C)c2)no1.CC(C)(C)OC(=O)n1ccc2cc(C=N)ccc21.O. The van der Waals surface area contributed by atoms with Crippen molar-refractivity contribution in [2.75, 3.05) is 9.80 Å². The molecule has 24 nitrogen and oxygen atoms in total. The van der Waals surface area contributed by atoms with Crippen molar-refractivity contribution in [3.05, 3.63) is 99.8 Å². The van der Waals surface area contributed by atoms with Crippen LogP contribution in [0.1, 0.15) is 136 Å². The zero-order chi connectivity index (χ0) is 63.9. The van der Waals surface area contributed by atoms with Crippen LogP contribution in [-0.4, -0.2) is 116 Å². The molecule has 0 aliphatic rings. The standard InChI is InChI=1S/C30H34BrN5O7.C16H20BrN3O4.C14H16N2O2.H2O/c1-28(2,3)40-25(37)35-13-12-18-14-17(10-11-20(18)35)19-15-21(43-34-19)23-24(32-16-22(31)33-23)36(26(38)41-29(4,5)6)27(39)42-30(7,8)9;1-8-10-12(18-9-11(17)19-10)20(13(21)23-15(2,3)4)14(22)24-16(5,6)7;1-14(2,3)18-13(17)16-7-6-11-8-10(9-15)4-5-12(11)16;/h10-16H,1-9H3;1,9H,2-7H3;4-9,15H,1-3H3;1H2. The van der Waals surface area contributed by atoms with Crippen LogP contribution < -0.4 is 9.80 Å². The van der Waals surface area contributed by atoms with Crippen LogP contribution in [0.3, 0.4) is 0 Å². The summed E-state index contributed by atoms with van der Waals surface area (Å²) in [5.41, 5.74) is -1.20. The lowest BCUT2D eigenvalue weighted by atomic mass is 10.1. The fourth-order valence-corrected chi connectivity index (χ4v) is 7.61. The monoisotopic (exact) mass is 1310 g/mol. The van der Waals surface area contributed by atoms with Gasteiger partial charge in [0.2, 0.25) is 0 Å².